The van der Waals surface area contributed by atoms with E-state index in [2.05, 4.69) is 0 Å². The first-order valence-corrected chi connectivity index (χ1v) is 16.0. The quantitative estimate of drug-likeness (QED) is 0.340. The van der Waals surface area contributed by atoms with Gasteiger partial charge in [0.05, 0.1) is 55.4 Å². The largest absolute Gasteiger partial charge is 0.478 e. The molecule has 2 aliphatic carbocycles. The molecule has 10 heteroatoms. The van der Waals surface area contributed by atoms with Gasteiger partial charge in [-0.1, -0.05) is 48.6 Å². The van der Waals surface area contributed by atoms with Crippen LogP contribution in [0.2, 0.25) is 0 Å². The topological polar surface area (TPSA) is 141 Å². The summed E-state index contributed by atoms with van der Waals surface area (Å²) in [5, 5.41) is 30.4. The predicted molar refractivity (Wildman–Crippen MR) is 170 cm³/mol. The number of benzene rings is 2. The molecule has 46 heavy (non-hydrogen) atoms. The molecule has 0 radical (unpaired) electrons. The van der Waals surface area contributed by atoms with Crippen LogP contribution >= 0.6 is 0 Å². The van der Waals surface area contributed by atoms with Crippen LogP contribution in [-0.4, -0.2) is 83.1 Å². The van der Waals surface area contributed by atoms with Crippen LogP contribution in [0.25, 0.3) is 12.2 Å². The molecule has 0 amide bonds. The molecule has 4 fully saturated rings. The molecule has 0 atom stereocenters. The molecule has 6 rings (SSSR count). The number of rotatable bonds is 7. The van der Waals surface area contributed by atoms with E-state index >= 15 is 0 Å². The van der Waals surface area contributed by atoms with Crippen LogP contribution in [0.15, 0.2) is 60.7 Å². The van der Waals surface area contributed by atoms with Gasteiger partial charge in [0.1, 0.15) is 0 Å². The molecule has 4 aliphatic rings. The Kier molecular flexibility index (Phi) is 10.8. The lowest BCUT2D eigenvalue weighted by Gasteiger charge is -2.39. The highest BCUT2D eigenvalue weighted by Crippen LogP contribution is 2.42. The fraction of sp³-hybridized carbons (Fsp3) is 0.500. The molecule has 2 heterocycles. The van der Waals surface area contributed by atoms with E-state index in [1.165, 1.54) is 0 Å². The van der Waals surface area contributed by atoms with Crippen LogP contribution < -0.4 is 0 Å². The Morgan fingerprint density at radius 3 is 1.52 bits per heavy atom. The van der Waals surface area contributed by atoms with Crippen molar-refractivity contribution in [2.45, 2.75) is 81.1 Å². The smallest absolute Gasteiger partial charge is 0.338 e. The minimum absolute atomic E-state index is 0.240. The third kappa shape index (κ3) is 8.70. The van der Waals surface area contributed by atoms with E-state index in [1.807, 2.05) is 30.4 Å². The van der Waals surface area contributed by atoms with Crippen molar-refractivity contribution in [2.24, 2.45) is 0 Å². The summed E-state index contributed by atoms with van der Waals surface area (Å²) in [5.74, 6) is -2.27. The zero-order valence-corrected chi connectivity index (χ0v) is 26.3. The monoisotopic (exact) mass is 636 g/mol. The Bertz CT molecular complexity index is 1400. The number of esters is 1. The van der Waals surface area contributed by atoms with Gasteiger partial charge < -0.3 is 39.0 Å². The second-order valence-electron chi connectivity index (χ2n) is 12.4. The number of ether oxygens (including phenoxy) is 5. The molecular weight excluding hydrogens is 592 g/mol. The fourth-order valence-corrected chi connectivity index (χ4v) is 6.29. The molecule has 2 aromatic rings. The van der Waals surface area contributed by atoms with Crippen LogP contribution in [0.3, 0.4) is 0 Å². The highest BCUT2D eigenvalue weighted by molar-refractivity contribution is 5.90. The molecule has 2 aliphatic heterocycles. The Morgan fingerprint density at radius 2 is 1.11 bits per heavy atom. The molecule has 0 bridgehead atoms. The number of carboxylic acid groups (broad SMARTS) is 1. The lowest BCUT2D eigenvalue weighted by Crippen LogP contribution is -2.42. The summed E-state index contributed by atoms with van der Waals surface area (Å²) in [6.45, 7) is 4.64. The molecule has 0 aromatic heterocycles. The fourth-order valence-electron chi connectivity index (χ4n) is 6.29. The number of aliphatic hydroxyl groups is 2. The highest BCUT2D eigenvalue weighted by atomic mass is 16.7. The Morgan fingerprint density at radius 1 is 0.696 bits per heavy atom. The Hall–Kier alpha value is -3.38. The van der Waals surface area contributed by atoms with Gasteiger partial charge in [0.25, 0.3) is 0 Å². The van der Waals surface area contributed by atoms with Crippen molar-refractivity contribution in [3.63, 3.8) is 0 Å². The van der Waals surface area contributed by atoms with E-state index in [9.17, 15) is 19.8 Å². The molecule has 10 nitrogen and oxygen atoms in total. The first-order chi connectivity index (χ1) is 22.0. The van der Waals surface area contributed by atoms with Gasteiger partial charge in [0, 0.05) is 25.7 Å². The van der Waals surface area contributed by atoms with Crippen molar-refractivity contribution >= 4 is 24.1 Å². The average molecular weight is 637 g/mol. The van der Waals surface area contributed by atoms with Crippen LogP contribution in [0, 0.1) is 0 Å². The van der Waals surface area contributed by atoms with E-state index < -0.39 is 28.7 Å². The summed E-state index contributed by atoms with van der Waals surface area (Å²) in [4.78, 5) is 22.8. The van der Waals surface area contributed by atoms with Crippen LogP contribution in [0.1, 0.15) is 90.1 Å². The SMILES string of the molecule is CCOC(=O)c1cccc(/C=C/C2(O)CCC3(CC2)OCCO3)c1.O=C(O)c1cccc(/C=C/C2(O)CCC3(CC2)OCCO3)c1. The van der Waals surface area contributed by atoms with Crippen molar-refractivity contribution in [3.8, 4) is 0 Å². The minimum atomic E-state index is -0.955. The maximum atomic E-state index is 11.8. The molecule has 248 valence electrons. The number of aromatic carboxylic acids is 1. The number of hydrogen-bond acceptors (Lipinski definition) is 9. The standard InChI is InChI=1S/C19H24O5.C17H20O5/c1-2-22-17(20)16-5-3-4-15(14-16)6-7-18(21)8-10-19(11-9-18)23-12-13-24-19;18-15(19)14-3-1-2-13(12-14)4-5-16(20)6-8-17(9-7-16)21-10-11-22-17/h3-7,14,21H,2,8-13H2,1H3;1-5,12,20H,6-11H2,(H,18,19)/b7-6+;5-4+. The van der Waals surface area contributed by atoms with E-state index in [0.29, 0.717) is 90.0 Å². The summed E-state index contributed by atoms with van der Waals surface area (Å²) in [5.41, 5.74) is 0.635. The van der Waals surface area contributed by atoms with E-state index in [1.54, 1.807) is 49.4 Å². The lowest BCUT2D eigenvalue weighted by atomic mass is 9.81. The van der Waals surface area contributed by atoms with Gasteiger partial charge in [-0.2, -0.15) is 0 Å². The van der Waals surface area contributed by atoms with E-state index in [4.69, 9.17) is 28.8 Å². The molecule has 2 spiro atoms. The first kappa shape index (κ1) is 34.0. The molecular formula is C36H44O10. The Labute approximate surface area is 269 Å². The van der Waals surface area contributed by atoms with Gasteiger partial charge >= 0.3 is 11.9 Å². The van der Waals surface area contributed by atoms with Gasteiger partial charge in [-0.15, -0.1) is 0 Å². The second-order valence-corrected chi connectivity index (χ2v) is 12.4. The van der Waals surface area contributed by atoms with E-state index in [0.717, 1.165) is 11.1 Å². The van der Waals surface area contributed by atoms with Gasteiger partial charge in [-0.3, -0.25) is 0 Å². The lowest BCUT2D eigenvalue weighted by molar-refractivity contribution is -0.196. The zero-order valence-electron chi connectivity index (χ0n) is 26.3. The number of carbonyl (C=O) groups excluding carboxylic acids is 1. The molecule has 2 saturated heterocycles. The van der Waals surface area contributed by atoms with Crippen molar-refractivity contribution in [1.29, 1.82) is 0 Å². The molecule has 3 N–H and O–H groups in total. The second kappa shape index (κ2) is 14.6. The third-order valence-corrected chi connectivity index (χ3v) is 9.09. The molecule has 2 saturated carbocycles. The maximum Gasteiger partial charge on any atom is 0.338 e. The number of carbonyl (C=O) groups is 2. The molecule has 2 aromatic carbocycles. The zero-order chi connectivity index (χ0) is 32.7. The maximum absolute atomic E-state index is 11.8. The van der Waals surface area contributed by atoms with Crippen molar-refractivity contribution < 1.29 is 48.6 Å². The number of hydrogen-bond donors (Lipinski definition) is 3. The average Bonchev–Trinajstić information content (AvgIpc) is 3.74. The van der Waals surface area contributed by atoms with Gasteiger partial charge in [0.2, 0.25) is 0 Å². The van der Waals surface area contributed by atoms with Crippen LogP contribution in [0.5, 0.6) is 0 Å². The van der Waals surface area contributed by atoms with Gasteiger partial charge in [-0.05, 0) is 68.0 Å². The van der Waals surface area contributed by atoms with E-state index in [-0.39, 0.29) is 11.5 Å². The van der Waals surface area contributed by atoms with Gasteiger partial charge in [0.15, 0.2) is 11.6 Å². The normalized spacial score (nSPS) is 24.7. The van der Waals surface area contributed by atoms with Crippen LogP contribution in [-0.2, 0) is 23.7 Å². The van der Waals surface area contributed by atoms with Crippen molar-refractivity contribution in [1.82, 2.24) is 0 Å². The van der Waals surface area contributed by atoms with Crippen molar-refractivity contribution in [2.75, 3.05) is 33.0 Å². The number of carboxylic acids is 1. The summed E-state index contributed by atoms with van der Waals surface area (Å²) in [6.07, 6.45) is 12.3. The van der Waals surface area contributed by atoms with Crippen molar-refractivity contribution in [3.05, 3.63) is 82.9 Å². The summed E-state index contributed by atoms with van der Waals surface area (Å²) in [7, 11) is 0. The minimum Gasteiger partial charge on any atom is -0.478 e. The summed E-state index contributed by atoms with van der Waals surface area (Å²) >= 11 is 0. The van der Waals surface area contributed by atoms with Crippen LogP contribution in [0.4, 0.5) is 0 Å². The summed E-state index contributed by atoms with van der Waals surface area (Å²) in [6, 6.07) is 13.9. The third-order valence-electron chi connectivity index (χ3n) is 9.09. The Balaban J connectivity index is 0.000000182. The predicted octanol–water partition coefficient (Wildman–Crippen LogP) is 5.37. The highest BCUT2D eigenvalue weighted by Gasteiger charge is 2.45. The van der Waals surface area contributed by atoms with Gasteiger partial charge in [-0.25, -0.2) is 9.59 Å². The molecule has 0 unspecified atom stereocenters. The first-order valence-electron chi connectivity index (χ1n) is 16.0. The summed E-state index contributed by atoms with van der Waals surface area (Å²) < 4.78 is 27.7.